The summed E-state index contributed by atoms with van der Waals surface area (Å²) in [5.41, 5.74) is 1.00. The minimum atomic E-state index is -1.98. The lowest BCUT2D eigenvalue weighted by molar-refractivity contribution is -0.0257. The summed E-state index contributed by atoms with van der Waals surface area (Å²) >= 11 is 0. The van der Waals surface area contributed by atoms with E-state index < -0.39 is 22.7 Å². The Morgan fingerprint density at radius 1 is 1.00 bits per heavy atom. The number of epoxide rings is 1. The Morgan fingerprint density at radius 2 is 1.48 bits per heavy atom. The molecule has 1 saturated carbocycles. The van der Waals surface area contributed by atoms with Crippen LogP contribution in [0.15, 0.2) is 12.2 Å². The van der Waals surface area contributed by atoms with E-state index >= 15 is 0 Å². The Kier molecular flexibility index (Phi) is 7.12. The highest BCUT2D eigenvalue weighted by Crippen LogP contribution is 2.50. The Bertz CT molecular complexity index is 603. The first kappa shape index (κ1) is 25.3. The number of hydrogen-bond acceptors (Lipinski definition) is 4. The van der Waals surface area contributed by atoms with E-state index in [1.165, 1.54) is 0 Å². The van der Waals surface area contributed by atoms with Gasteiger partial charge in [0.2, 0.25) is 0 Å². The quantitative estimate of drug-likeness (QED) is 0.304. The molecule has 0 unspecified atom stereocenters. The third kappa shape index (κ3) is 5.63. The molecule has 1 saturated heterocycles. The van der Waals surface area contributed by atoms with Gasteiger partial charge >= 0.3 is 0 Å². The Morgan fingerprint density at radius 3 is 1.93 bits per heavy atom. The van der Waals surface area contributed by atoms with E-state index in [1.807, 2.05) is 6.92 Å². The molecule has 170 valence electrons. The second-order valence-corrected chi connectivity index (χ2v) is 22.0. The summed E-state index contributed by atoms with van der Waals surface area (Å²) in [6.45, 7) is 28.7. The third-order valence-corrected chi connectivity index (χ3v) is 16.7. The van der Waals surface area contributed by atoms with Crippen LogP contribution in [-0.4, -0.2) is 52.3 Å². The van der Waals surface area contributed by atoms with Crippen LogP contribution in [0.1, 0.15) is 61.3 Å². The second-order valence-electron chi connectivity index (χ2n) is 12.5. The first-order chi connectivity index (χ1) is 12.9. The summed E-state index contributed by atoms with van der Waals surface area (Å²) in [6, 6.07) is 0. The lowest BCUT2D eigenvalue weighted by Crippen LogP contribution is -2.55. The molecule has 1 N–H and O–H groups in total. The SMILES string of the molecule is C=C(C)C[C@H](O)[C@@H]1C[C@@H](O[Si](C)(C)C(C)(C)C)[C@@H]2O[C@@H]2[C@H]1O[Si](C)(C)C(C)(C)C. The van der Waals surface area contributed by atoms with Crippen molar-refractivity contribution in [2.45, 2.75) is 128 Å². The van der Waals surface area contributed by atoms with Gasteiger partial charge < -0.3 is 18.7 Å². The molecule has 0 aromatic heterocycles. The number of rotatable bonds is 7. The van der Waals surface area contributed by atoms with E-state index in [0.717, 1.165) is 12.0 Å². The average molecular weight is 443 g/mol. The van der Waals surface area contributed by atoms with Crippen LogP contribution >= 0.6 is 0 Å². The number of fused-ring (bicyclic) bond motifs is 1. The smallest absolute Gasteiger partial charge is 0.192 e. The highest BCUT2D eigenvalue weighted by atomic mass is 28.4. The van der Waals surface area contributed by atoms with Gasteiger partial charge in [-0.1, -0.05) is 47.1 Å². The number of hydrogen-bond donors (Lipinski definition) is 1. The fourth-order valence-electron chi connectivity index (χ4n) is 3.71. The standard InChI is InChI=1S/C23H46O4Si2/c1-15(2)13-17(24)16-14-18(26-28(9,10)22(3,4)5)20-21(25-20)19(16)27-29(11,12)23(6,7)8/h16-21,24H,1,13-14H2,2-12H3/t16-,17-,18+,19-,20-,21+/m0/s1. The molecule has 0 radical (unpaired) electrons. The van der Waals surface area contributed by atoms with Gasteiger partial charge in [-0.15, -0.1) is 6.58 Å². The lowest BCUT2D eigenvalue weighted by Gasteiger charge is -2.46. The summed E-state index contributed by atoms with van der Waals surface area (Å²) < 4.78 is 19.8. The zero-order valence-electron chi connectivity index (χ0n) is 20.8. The Labute approximate surface area is 181 Å². The second kappa shape index (κ2) is 8.17. The highest BCUT2D eigenvalue weighted by Gasteiger charge is 2.61. The molecule has 1 aliphatic heterocycles. The topological polar surface area (TPSA) is 51.2 Å². The van der Waals surface area contributed by atoms with E-state index in [4.69, 9.17) is 13.6 Å². The van der Waals surface area contributed by atoms with Crippen LogP contribution < -0.4 is 0 Å². The number of ether oxygens (including phenoxy) is 1. The van der Waals surface area contributed by atoms with Gasteiger partial charge in [-0.3, -0.25) is 0 Å². The van der Waals surface area contributed by atoms with Gasteiger partial charge in [-0.2, -0.15) is 0 Å². The van der Waals surface area contributed by atoms with Crippen LogP contribution in [0.25, 0.3) is 0 Å². The van der Waals surface area contributed by atoms with Crippen molar-refractivity contribution < 1.29 is 18.7 Å². The normalized spacial score (nSPS) is 31.9. The van der Waals surface area contributed by atoms with Crippen molar-refractivity contribution in [1.29, 1.82) is 0 Å². The first-order valence-corrected chi connectivity index (χ1v) is 17.0. The fourth-order valence-corrected chi connectivity index (χ4v) is 6.39. The predicted molar refractivity (Wildman–Crippen MR) is 126 cm³/mol. The van der Waals surface area contributed by atoms with Crippen molar-refractivity contribution in [1.82, 2.24) is 0 Å². The predicted octanol–water partition coefficient (Wildman–Crippen LogP) is 5.88. The molecule has 2 rings (SSSR count). The number of aliphatic hydroxyl groups excluding tert-OH is 1. The minimum absolute atomic E-state index is 0.0133. The summed E-state index contributed by atoms with van der Waals surface area (Å²) in [4.78, 5) is 0. The Balaban J connectivity index is 2.26. The van der Waals surface area contributed by atoms with Crippen molar-refractivity contribution in [3.8, 4) is 0 Å². The monoisotopic (exact) mass is 442 g/mol. The molecule has 1 heterocycles. The van der Waals surface area contributed by atoms with Gasteiger partial charge in [-0.05, 0) is 56.0 Å². The molecule has 1 aliphatic carbocycles. The van der Waals surface area contributed by atoms with Crippen LogP contribution in [0.3, 0.4) is 0 Å². The molecule has 0 aromatic carbocycles. The lowest BCUT2D eigenvalue weighted by atomic mass is 9.79. The first-order valence-electron chi connectivity index (χ1n) is 11.2. The molecule has 2 fully saturated rings. The maximum atomic E-state index is 11.1. The summed E-state index contributed by atoms with van der Waals surface area (Å²) in [5, 5.41) is 11.4. The molecule has 6 heteroatoms. The van der Waals surface area contributed by atoms with E-state index in [-0.39, 0.29) is 40.4 Å². The van der Waals surface area contributed by atoms with Crippen LogP contribution in [0.2, 0.25) is 36.3 Å². The number of aliphatic hydroxyl groups is 1. The van der Waals surface area contributed by atoms with Crippen LogP contribution in [0.4, 0.5) is 0 Å². The molecule has 4 nitrogen and oxygen atoms in total. The van der Waals surface area contributed by atoms with Gasteiger partial charge in [0.1, 0.15) is 12.2 Å². The van der Waals surface area contributed by atoms with Crippen LogP contribution in [0, 0.1) is 5.92 Å². The maximum Gasteiger partial charge on any atom is 0.192 e. The fraction of sp³-hybridized carbons (Fsp3) is 0.913. The molecular weight excluding hydrogens is 396 g/mol. The zero-order valence-corrected chi connectivity index (χ0v) is 22.8. The van der Waals surface area contributed by atoms with Gasteiger partial charge in [0.05, 0.1) is 18.3 Å². The molecule has 6 atom stereocenters. The van der Waals surface area contributed by atoms with E-state index in [0.29, 0.717) is 6.42 Å². The molecule has 0 bridgehead atoms. The van der Waals surface area contributed by atoms with Crippen molar-refractivity contribution in [2.75, 3.05) is 0 Å². The largest absolute Gasteiger partial charge is 0.411 e. The van der Waals surface area contributed by atoms with Crippen LogP contribution in [-0.2, 0) is 13.6 Å². The molecule has 29 heavy (non-hydrogen) atoms. The van der Waals surface area contributed by atoms with Gasteiger partial charge in [0, 0.05) is 5.92 Å². The molecule has 0 aromatic rings. The van der Waals surface area contributed by atoms with Crippen molar-refractivity contribution in [3.63, 3.8) is 0 Å². The average Bonchev–Trinajstić information content (AvgIpc) is 3.26. The van der Waals surface area contributed by atoms with Gasteiger partial charge in [0.25, 0.3) is 0 Å². The zero-order chi connectivity index (χ0) is 22.6. The molecule has 0 spiro atoms. The van der Waals surface area contributed by atoms with Crippen molar-refractivity contribution in [3.05, 3.63) is 12.2 Å². The van der Waals surface area contributed by atoms with E-state index in [1.54, 1.807) is 0 Å². The van der Waals surface area contributed by atoms with E-state index in [9.17, 15) is 5.11 Å². The van der Waals surface area contributed by atoms with Crippen LogP contribution in [0.5, 0.6) is 0 Å². The summed E-state index contributed by atoms with van der Waals surface area (Å²) in [7, 11) is -3.89. The maximum absolute atomic E-state index is 11.1. The minimum Gasteiger partial charge on any atom is -0.411 e. The summed E-state index contributed by atoms with van der Waals surface area (Å²) in [5.74, 6) is 0.0133. The molecular formula is C23H46O4Si2. The van der Waals surface area contributed by atoms with Gasteiger partial charge in [0.15, 0.2) is 16.6 Å². The highest BCUT2D eigenvalue weighted by molar-refractivity contribution is 6.74. The van der Waals surface area contributed by atoms with Gasteiger partial charge in [-0.25, -0.2) is 0 Å². The van der Waals surface area contributed by atoms with E-state index in [2.05, 4.69) is 74.3 Å². The van der Waals surface area contributed by atoms with Crippen molar-refractivity contribution >= 4 is 16.6 Å². The summed E-state index contributed by atoms with van der Waals surface area (Å²) in [6.07, 6.45) is 1.05. The Hall–Kier alpha value is 0.0138. The molecule has 2 aliphatic rings. The molecule has 0 amide bonds. The van der Waals surface area contributed by atoms with Crippen molar-refractivity contribution in [2.24, 2.45) is 5.92 Å². The third-order valence-electron chi connectivity index (χ3n) is 7.72.